The highest BCUT2D eigenvalue weighted by Crippen LogP contribution is 2.34. The molecule has 3 nitrogen and oxygen atoms in total. The van der Waals surface area contributed by atoms with Gasteiger partial charge in [-0.25, -0.2) is 4.98 Å². The molecule has 18 heavy (non-hydrogen) atoms. The second kappa shape index (κ2) is 4.18. The number of H-pyrrole nitrogens is 1. The predicted octanol–water partition coefficient (Wildman–Crippen LogP) is 3.50. The van der Waals surface area contributed by atoms with Crippen LogP contribution in [0.3, 0.4) is 0 Å². The first kappa shape index (κ1) is 10.8. The zero-order valence-corrected chi connectivity index (χ0v) is 10.1. The largest absolute Gasteiger partial charge is 0.507 e. The number of nitrogens with one attached hydrogen (secondary N) is 1. The molecule has 0 atom stereocenters. The van der Waals surface area contributed by atoms with Gasteiger partial charge in [0.2, 0.25) is 0 Å². The Bertz CT molecular complexity index is 701. The van der Waals surface area contributed by atoms with Crippen molar-refractivity contribution in [2.45, 2.75) is 13.3 Å². The Balaban J connectivity index is 2.29. The van der Waals surface area contributed by atoms with Gasteiger partial charge >= 0.3 is 0 Å². The molecule has 0 spiro atoms. The first-order valence-electron chi connectivity index (χ1n) is 6.05. The Hall–Kier alpha value is -2.29. The van der Waals surface area contributed by atoms with E-state index in [4.69, 9.17) is 0 Å². The second-order valence-corrected chi connectivity index (χ2v) is 4.27. The molecule has 0 aliphatic heterocycles. The minimum Gasteiger partial charge on any atom is -0.507 e. The van der Waals surface area contributed by atoms with Crippen molar-refractivity contribution in [2.75, 3.05) is 0 Å². The lowest BCUT2D eigenvalue weighted by atomic mass is 10.0. The number of imidazole rings is 1. The summed E-state index contributed by atoms with van der Waals surface area (Å²) in [6.07, 6.45) is 2.76. The van der Waals surface area contributed by atoms with Crippen LogP contribution in [-0.4, -0.2) is 15.1 Å². The van der Waals surface area contributed by atoms with Gasteiger partial charge in [0, 0.05) is 6.20 Å². The number of aromatic nitrogens is 2. The van der Waals surface area contributed by atoms with Gasteiger partial charge in [-0.3, -0.25) is 0 Å². The second-order valence-electron chi connectivity index (χ2n) is 4.27. The summed E-state index contributed by atoms with van der Waals surface area (Å²) in [5.74, 6) is 0.979. The van der Waals surface area contributed by atoms with Gasteiger partial charge < -0.3 is 10.1 Å². The van der Waals surface area contributed by atoms with Crippen LogP contribution in [0.4, 0.5) is 0 Å². The summed E-state index contributed by atoms with van der Waals surface area (Å²) in [6, 6.07) is 11.6. The first-order valence-corrected chi connectivity index (χ1v) is 6.05. The standard InChI is InChI=1S/C15H14N2O/c1-2-11-9-16-15(17-11)14-12-6-4-3-5-10(12)7-8-13(14)18/h3-9,18H,2H2,1H3,(H,16,17). The topological polar surface area (TPSA) is 48.9 Å². The van der Waals surface area contributed by atoms with Crippen molar-refractivity contribution in [1.29, 1.82) is 0 Å². The molecular weight excluding hydrogens is 224 g/mol. The third-order valence-corrected chi connectivity index (χ3v) is 3.14. The fourth-order valence-electron chi connectivity index (χ4n) is 2.18. The molecule has 3 aromatic rings. The van der Waals surface area contributed by atoms with Crippen molar-refractivity contribution in [1.82, 2.24) is 9.97 Å². The number of nitrogens with zero attached hydrogens (tertiary/aromatic N) is 1. The summed E-state index contributed by atoms with van der Waals surface area (Å²) in [4.78, 5) is 7.63. The molecule has 0 saturated heterocycles. The summed E-state index contributed by atoms with van der Waals surface area (Å²) < 4.78 is 0. The normalized spacial score (nSPS) is 10.9. The number of benzene rings is 2. The molecule has 90 valence electrons. The first-order chi connectivity index (χ1) is 8.79. The maximum atomic E-state index is 10.1. The van der Waals surface area contributed by atoms with E-state index in [0.29, 0.717) is 0 Å². The lowest BCUT2D eigenvalue weighted by molar-refractivity contribution is 0.477. The van der Waals surface area contributed by atoms with E-state index in [1.165, 1.54) is 0 Å². The van der Waals surface area contributed by atoms with Gasteiger partial charge in [-0.2, -0.15) is 0 Å². The number of phenolic OH excluding ortho intramolecular Hbond substituents is 1. The highest BCUT2D eigenvalue weighted by molar-refractivity contribution is 5.98. The molecule has 1 heterocycles. The van der Waals surface area contributed by atoms with Gasteiger partial charge in [0.15, 0.2) is 0 Å². The molecule has 3 heteroatoms. The molecule has 2 aromatic carbocycles. The minimum atomic E-state index is 0.255. The molecule has 0 amide bonds. The number of aromatic hydroxyl groups is 1. The monoisotopic (exact) mass is 238 g/mol. The number of aromatic amines is 1. The number of aryl methyl sites for hydroxylation is 1. The Labute approximate surface area is 105 Å². The van der Waals surface area contributed by atoms with Gasteiger partial charge in [-0.15, -0.1) is 0 Å². The summed E-state index contributed by atoms with van der Waals surface area (Å²) in [5.41, 5.74) is 1.77. The van der Waals surface area contributed by atoms with Crippen LogP contribution in [0.15, 0.2) is 42.6 Å². The van der Waals surface area contributed by atoms with Gasteiger partial charge in [0.1, 0.15) is 11.6 Å². The van der Waals surface area contributed by atoms with Gasteiger partial charge in [-0.05, 0) is 23.3 Å². The fourth-order valence-corrected chi connectivity index (χ4v) is 2.18. The van der Waals surface area contributed by atoms with Gasteiger partial charge in [0.25, 0.3) is 0 Å². The third-order valence-electron chi connectivity index (χ3n) is 3.14. The summed E-state index contributed by atoms with van der Waals surface area (Å²) in [6.45, 7) is 2.06. The Morgan fingerprint density at radius 3 is 2.78 bits per heavy atom. The molecule has 0 unspecified atom stereocenters. The van der Waals surface area contributed by atoms with E-state index in [1.807, 2.05) is 36.5 Å². The van der Waals surface area contributed by atoms with Crippen LogP contribution >= 0.6 is 0 Å². The Morgan fingerprint density at radius 1 is 1.17 bits per heavy atom. The van der Waals surface area contributed by atoms with E-state index in [-0.39, 0.29) is 5.75 Å². The molecule has 3 rings (SSSR count). The van der Waals surface area contributed by atoms with E-state index in [9.17, 15) is 5.11 Å². The fraction of sp³-hybridized carbons (Fsp3) is 0.133. The number of hydrogen-bond donors (Lipinski definition) is 2. The number of hydrogen-bond acceptors (Lipinski definition) is 2. The molecular formula is C15H14N2O. The zero-order chi connectivity index (χ0) is 12.5. The highest BCUT2D eigenvalue weighted by Gasteiger charge is 2.12. The van der Waals surface area contributed by atoms with E-state index < -0.39 is 0 Å². The zero-order valence-electron chi connectivity index (χ0n) is 10.1. The van der Waals surface area contributed by atoms with Crippen molar-refractivity contribution in [3.63, 3.8) is 0 Å². The van der Waals surface area contributed by atoms with Crippen LogP contribution in [0.25, 0.3) is 22.2 Å². The molecule has 0 radical (unpaired) electrons. The molecule has 0 saturated carbocycles. The Morgan fingerprint density at radius 2 is 2.00 bits per heavy atom. The lowest BCUT2D eigenvalue weighted by Gasteiger charge is -2.06. The molecule has 0 bridgehead atoms. The van der Waals surface area contributed by atoms with E-state index in [2.05, 4.69) is 16.9 Å². The molecule has 2 N–H and O–H groups in total. The summed E-state index contributed by atoms with van der Waals surface area (Å²) in [5, 5.41) is 12.2. The van der Waals surface area contributed by atoms with Crippen LogP contribution in [0.2, 0.25) is 0 Å². The predicted molar refractivity (Wildman–Crippen MR) is 72.6 cm³/mol. The molecule has 0 aliphatic rings. The van der Waals surface area contributed by atoms with Gasteiger partial charge in [0.05, 0.1) is 11.3 Å². The van der Waals surface area contributed by atoms with Crippen LogP contribution < -0.4 is 0 Å². The van der Waals surface area contributed by atoms with Crippen molar-refractivity contribution < 1.29 is 5.11 Å². The van der Waals surface area contributed by atoms with Crippen LogP contribution in [0.1, 0.15) is 12.6 Å². The van der Waals surface area contributed by atoms with Gasteiger partial charge in [-0.1, -0.05) is 37.3 Å². The number of rotatable bonds is 2. The van der Waals surface area contributed by atoms with Crippen LogP contribution in [0, 0.1) is 0 Å². The molecule has 0 fully saturated rings. The van der Waals surface area contributed by atoms with E-state index in [1.54, 1.807) is 6.07 Å². The number of fused-ring (bicyclic) bond motifs is 1. The van der Waals surface area contributed by atoms with Crippen molar-refractivity contribution in [3.05, 3.63) is 48.3 Å². The average Bonchev–Trinajstić information content (AvgIpc) is 2.87. The molecule has 0 aliphatic carbocycles. The minimum absolute atomic E-state index is 0.255. The van der Waals surface area contributed by atoms with Crippen LogP contribution in [-0.2, 0) is 6.42 Å². The van der Waals surface area contributed by atoms with Crippen LogP contribution in [0.5, 0.6) is 5.75 Å². The average molecular weight is 238 g/mol. The van der Waals surface area contributed by atoms with Crippen molar-refractivity contribution in [3.8, 4) is 17.1 Å². The maximum Gasteiger partial charge on any atom is 0.141 e. The van der Waals surface area contributed by atoms with E-state index >= 15 is 0 Å². The summed E-state index contributed by atoms with van der Waals surface area (Å²) in [7, 11) is 0. The molecule has 1 aromatic heterocycles. The maximum absolute atomic E-state index is 10.1. The number of phenols is 1. The van der Waals surface area contributed by atoms with E-state index in [0.717, 1.165) is 34.3 Å². The quantitative estimate of drug-likeness (QED) is 0.717. The highest BCUT2D eigenvalue weighted by atomic mass is 16.3. The SMILES string of the molecule is CCc1c[nH]c(-c2c(O)ccc3ccccc23)n1. The van der Waals surface area contributed by atoms with Crippen molar-refractivity contribution >= 4 is 10.8 Å². The lowest BCUT2D eigenvalue weighted by Crippen LogP contribution is -1.86. The smallest absolute Gasteiger partial charge is 0.141 e. The Kier molecular flexibility index (Phi) is 2.52. The third kappa shape index (κ3) is 1.64. The summed E-state index contributed by atoms with van der Waals surface area (Å²) >= 11 is 0. The van der Waals surface area contributed by atoms with Crippen molar-refractivity contribution in [2.24, 2.45) is 0 Å².